The number of nitrogens with zero attached hydrogens (tertiary/aromatic N) is 3. The minimum Gasteiger partial charge on any atom is -0.462 e. The highest BCUT2D eigenvalue weighted by atomic mass is 35.5. The molecule has 0 saturated carbocycles. The van der Waals surface area contributed by atoms with Gasteiger partial charge in [0.1, 0.15) is 0 Å². The number of carbonyl (C=O) groups excluding carboxylic acids is 1. The van der Waals surface area contributed by atoms with E-state index in [-0.39, 0.29) is 35.4 Å². The van der Waals surface area contributed by atoms with Crippen LogP contribution in [0.25, 0.3) is 22.3 Å². The van der Waals surface area contributed by atoms with E-state index >= 15 is 0 Å². The largest absolute Gasteiger partial charge is 0.462 e. The standard InChI is InChI=1S/C24H19Cl2N3O4/c1-3-33-23(31)17-12-19(16-11-15(25)9-10-18(16)26)27-21-20(17)22(30)28(2)24(32)29(21)13-14-7-5-4-6-8-14/h4-12H,3,13H2,1-2H3. The summed E-state index contributed by atoms with van der Waals surface area (Å²) in [6, 6.07) is 15.5. The van der Waals surface area contributed by atoms with Gasteiger partial charge in [-0.15, -0.1) is 0 Å². The molecule has 2 aromatic carbocycles. The van der Waals surface area contributed by atoms with Crippen LogP contribution < -0.4 is 11.2 Å². The third-order valence-electron chi connectivity index (χ3n) is 5.18. The Bertz CT molecular complexity index is 1490. The van der Waals surface area contributed by atoms with Crippen molar-refractivity contribution < 1.29 is 9.53 Å². The number of rotatable bonds is 5. The second-order valence-electron chi connectivity index (χ2n) is 7.32. The van der Waals surface area contributed by atoms with Gasteiger partial charge in [-0.05, 0) is 36.8 Å². The smallest absolute Gasteiger partial charge is 0.339 e. The van der Waals surface area contributed by atoms with Crippen LogP contribution in [0.15, 0.2) is 64.2 Å². The lowest BCUT2D eigenvalue weighted by Crippen LogP contribution is -2.39. The molecule has 168 valence electrons. The molecule has 0 saturated heterocycles. The van der Waals surface area contributed by atoms with Crippen molar-refractivity contribution in [1.82, 2.24) is 14.1 Å². The number of pyridine rings is 1. The lowest BCUT2D eigenvalue weighted by molar-refractivity contribution is 0.0528. The normalized spacial score (nSPS) is 11.0. The highest BCUT2D eigenvalue weighted by Gasteiger charge is 2.23. The molecule has 0 aliphatic heterocycles. The van der Waals surface area contributed by atoms with Gasteiger partial charge in [0, 0.05) is 17.6 Å². The molecule has 0 aliphatic carbocycles. The summed E-state index contributed by atoms with van der Waals surface area (Å²) in [6.45, 7) is 1.92. The molecule has 0 fully saturated rings. The predicted octanol–water partition coefficient (Wildman–Crippen LogP) is 4.29. The van der Waals surface area contributed by atoms with Crippen LogP contribution in [0.5, 0.6) is 0 Å². The summed E-state index contributed by atoms with van der Waals surface area (Å²) >= 11 is 12.5. The van der Waals surface area contributed by atoms with E-state index in [4.69, 9.17) is 27.9 Å². The first-order chi connectivity index (χ1) is 15.8. The van der Waals surface area contributed by atoms with Crippen molar-refractivity contribution >= 4 is 40.2 Å². The summed E-state index contributed by atoms with van der Waals surface area (Å²) in [5.41, 5.74) is 0.416. The highest BCUT2D eigenvalue weighted by molar-refractivity contribution is 6.35. The van der Waals surface area contributed by atoms with Crippen LogP contribution in [-0.4, -0.2) is 26.7 Å². The predicted molar refractivity (Wildman–Crippen MR) is 128 cm³/mol. The summed E-state index contributed by atoms with van der Waals surface area (Å²) in [6.07, 6.45) is 0. The number of hydrogen-bond donors (Lipinski definition) is 0. The molecule has 0 N–H and O–H groups in total. The maximum Gasteiger partial charge on any atom is 0.339 e. The van der Waals surface area contributed by atoms with E-state index in [0.717, 1.165) is 10.1 Å². The summed E-state index contributed by atoms with van der Waals surface area (Å²) in [7, 11) is 1.36. The summed E-state index contributed by atoms with van der Waals surface area (Å²) < 4.78 is 7.52. The molecule has 0 radical (unpaired) electrons. The van der Waals surface area contributed by atoms with Gasteiger partial charge >= 0.3 is 11.7 Å². The Kier molecular flexibility index (Phi) is 6.35. The summed E-state index contributed by atoms with van der Waals surface area (Å²) in [5.74, 6) is -0.702. The number of carbonyl (C=O) groups is 1. The third-order valence-corrected chi connectivity index (χ3v) is 5.74. The first kappa shape index (κ1) is 22.8. The second-order valence-corrected chi connectivity index (χ2v) is 8.16. The van der Waals surface area contributed by atoms with Crippen LogP contribution in [0.4, 0.5) is 0 Å². The number of halogens is 2. The van der Waals surface area contributed by atoms with Gasteiger partial charge < -0.3 is 4.74 Å². The van der Waals surface area contributed by atoms with Crippen molar-refractivity contribution in [3.63, 3.8) is 0 Å². The fourth-order valence-corrected chi connectivity index (χ4v) is 3.96. The summed E-state index contributed by atoms with van der Waals surface area (Å²) in [5, 5.41) is 0.759. The molecule has 2 aromatic heterocycles. The van der Waals surface area contributed by atoms with E-state index in [0.29, 0.717) is 15.6 Å². The molecule has 2 heterocycles. The molecule has 0 unspecified atom stereocenters. The molecule has 0 spiro atoms. The van der Waals surface area contributed by atoms with Gasteiger partial charge in [-0.2, -0.15) is 0 Å². The Hall–Kier alpha value is -3.42. The molecule has 9 heteroatoms. The van der Waals surface area contributed by atoms with Gasteiger partial charge in [0.25, 0.3) is 5.56 Å². The minimum atomic E-state index is -0.702. The molecular weight excluding hydrogens is 465 g/mol. The molecule has 0 bridgehead atoms. The van der Waals surface area contributed by atoms with E-state index in [1.165, 1.54) is 17.7 Å². The first-order valence-electron chi connectivity index (χ1n) is 10.1. The quantitative estimate of drug-likeness (QED) is 0.395. The van der Waals surface area contributed by atoms with Crippen molar-refractivity contribution in [3.8, 4) is 11.3 Å². The van der Waals surface area contributed by atoms with Crippen LogP contribution in [0.1, 0.15) is 22.8 Å². The Morgan fingerprint density at radius 3 is 2.48 bits per heavy atom. The molecule has 0 amide bonds. The topological polar surface area (TPSA) is 83.2 Å². The lowest BCUT2D eigenvalue weighted by atomic mass is 10.1. The maximum absolute atomic E-state index is 13.1. The molecule has 7 nitrogen and oxygen atoms in total. The van der Waals surface area contributed by atoms with Crippen LogP contribution in [0, 0.1) is 0 Å². The van der Waals surface area contributed by atoms with Crippen molar-refractivity contribution in [3.05, 3.63) is 96.6 Å². The Balaban J connectivity index is 2.12. The average Bonchev–Trinajstić information content (AvgIpc) is 2.82. The van der Waals surface area contributed by atoms with E-state index in [1.54, 1.807) is 25.1 Å². The van der Waals surface area contributed by atoms with Crippen LogP contribution in [-0.2, 0) is 18.3 Å². The van der Waals surface area contributed by atoms with Crippen molar-refractivity contribution in [2.24, 2.45) is 7.05 Å². The number of benzene rings is 2. The van der Waals surface area contributed by atoms with Gasteiger partial charge in [-0.1, -0.05) is 53.5 Å². The first-order valence-corrected chi connectivity index (χ1v) is 10.9. The SMILES string of the molecule is CCOC(=O)c1cc(-c2cc(Cl)ccc2Cl)nc2c1c(=O)n(C)c(=O)n2Cc1ccccc1. The van der Waals surface area contributed by atoms with Crippen LogP contribution in [0.3, 0.4) is 0 Å². The Morgan fingerprint density at radius 1 is 1.06 bits per heavy atom. The second kappa shape index (κ2) is 9.21. The van der Waals surface area contributed by atoms with Gasteiger partial charge in [0.05, 0.1) is 34.8 Å². The number of fused-ring (bicyclic) bond motifs is 1. The Labute approximate surface area is 198 Å². The number of hydrogen-bond acceptors (Lipinski definition) is 5. The molecule has 4 aromatic rings. The van der Waals surface area contributed by atoms with Crippen LogP contribution in [0.2, 0.25) is 10.0 Å². The minimum absolute atomic E-state index is 0.00435. The zero-order valence-corrected chi connectivity index (χ0v) is 19.4. The van der Waals surface area contributed by atoms with Crippen molar-refractivity contribution in [1.29, 1.82) is 0 Å². The summed E-state index contributed by atoms with van der Waals surface area (Å²) in [4.78, 5) is 43.7. The molecule has 0 atom stereocenters. The van der Waals surface area contributed by atoms with E-state index in [9.17, 15) is 14.4 Å². The zero-order chi connectivity index (χ0) is 23.7. The van der Waals surface area contributed by atoms with Crippen LogP contribution >= 0.6 is 23.2 Å². The number of ether oxygens (including phenoxy) is 1. The molecular formula is C24H19Cl2N3O4. The molecule has 33 heavy (non-hydrogen) atoms. The molecule has 0 aliphatic rings. The zero-order valence-electron chi connectivity index (χ0n) is 17.8. The van der Waals surface area contributed by atoms with Gasteiger partial charge in [-0.25, -0.2) is 14.6 Å². The van der Waals surface area contributed by atoms with Crippen molar-refractivity contribution in [2.75, 3.05) is 6.61 Å². The van der Waals surface area contributed by atoms with E-state index in [1.807, 2.05) is 30.3 Å². The maximum atomic E-state index is 13.1. The Morgan fingerprint density at radius 2 is 1.79 bits per heavy atom. The number of esters is 1. The van der Waals surface area contributed by atoms with Crippen molar-refractivity contribution in [2.45, 2.75) is 13.5 Å². The fraction of sp³-hybridized carbons (Fsp3) is 0.167. The van der Waals surface area contributed by atoms with Gasteiger partial charge in [0.15, 0.2) is 5.65 Å². The highest BCUT2D eigenvalue weighted by Crippen LogP contribution is 2.31. The van der Waals surface area contributed by atoms with E-state index in [2.05, 4.69) is 4.98 Å². The van der Waals surface area contributed by atoms with Gasteiger partial charge in [0.2, 0.25) is 0 Å². The number of aromatic nitrogens is 3. The monoisotopic (exact) mass is 483 g/mol. The fourth-order valence-electron chi connectivity index (χ4n) is 3.57. The lowest BCUT2D eigenvalue weighted by Gasteiger charge is -2.15. The van der Waals surface area contributed by atoms with Gasteiger partial charge in [-0.3, -0.25) is 13.9 Å². The third kappa shape index (κ3) is 4.29. The average molecular weight is 484 g/mol. The molecule has 4 rings (SSSR count). The van der Waals surface area contributed by atoms with E-state index < -0.39 is 17.2 Å².